The van der Waals surface area contributed by atoms with Gasteiger partial charge in [0.2, 0.25) is 6.29 Å². The van der Waals surface area contributed by atoms with E-state index < -0.39 is 91.7 Å². The molecule has 0 radical (unpaired) electrons. The fraction of sp³-hybridized carbons (Fsp3) is 1.00. The molecule has 3 fully saturated rings. The van der Waals surface area contributed by atoms with E-state index in [-0.39, 0.29) is 75.1 Å². The van der Waals surface area contributed by atoms with Crippen molar-refractivity contribution in [3.63, 3.8) is 0 Å². The Kier molecular flexibility index (Phi) is 21.0. The second-order valence-corrected chi connectivity index (χ2v) is 9.23. The predicted molar refractivity (Wildman–Crippen MR) is 103 cm³/mol. The third-order valence-corrected chi connectivity index (χ3v) is 6.86. The van der Waals surface area contributed by atoms with E-state index in [1.165, 1.54) is 0 Å². The van der Waals surface area contributed by atoms with E-state index in [1.54, 1.807) is 0 Å². The van der Waals surface area contributed by atoms with Gasteiger partial charge in [0.25, 0.3) is 0 Å². The van der Waals surface area contributed by atoms with Crippen molar-refractivity contribution in [2.24, 2.45) is 0 Å². The van der Waals surface area contributed by atoms with Gasteiger partial charge in [-0.1, -0.05) is 0 Å². The summed E-state index contributed by atoms with van der Waals surface area (Å²) in [5.74, 6) is 0. The van der Waals surface area contributed by atoms with Crippen LogP contribution in [0, 0.1) is 0 Å². The third kappa shape index (κ3) is 8.92. The highest BCUT2D eigenvalue weighted by Gasteiger charge is 2.54. The molecule has 21 N–H and O–H groups in total. The second-order valence-electron chi connectivity index (χ2n) is 9.23. The first-order valence-corrected chi connectivity index (χ1v) is 11.3. The highest BCUT2D eigenvalue weighted by molar-refractivity contribution is 4.97. The third-order valence-electron chi connectivity index (χ3n) is 6.86. The highest BCUT2D eigenvalue weighted by atomic mass is 35.5. The van der Waals surface area contributed by atoms with Crippen molar-refractivity contribution in [2.75, 3.05) is 13.1 Å². The topological polar surface area (TPSA) is 296 Å². The van der Waals surface area contributed by atoms with Gasteiger partial charge in [0.1, 0.15) is 86.2 Å². The number of aliphatic hydroxyl groups excluding tert-OH is 6. The summed E-state index contributed by atoms with van der Waals surface area (Å²) in [5, 5.41) is 62.1. The van der Waals surface area contributed by atoms with Crippen LogP contribution in [0.2, 0.25) is 0 Å². The van der Waals surface area contributed by atoms with Crippen molar-refractivity contribution in [3.05, 3.63) is 0 Å². The first-order valence-electron chi connectivity index (χ1n) is 11.3. The molecule has 2 aliphatic heterocycles. The Morgan fingerprint density at radius 2 is 1.00 bits per heavy atom. The molecule has 0 spiro atoms. The number of ether oxygens (including phenoxy) is 4. The lowest BCUT2D eigenvalue weighted by molar-refractivity contribution is -0.537. The maximum absolute atomic E-state index is 10.9. The SMILES string of the molecule is [Cl-].[Cl-].[Cl-].[Cl-].[Cl-].[NH3+]C[C@H]1O[C@@H](O[C@@H]2[C@@H](O)[C@H]([NH3+])C[C@H]([NH3+])[C@H]2O[C@H]2O[C@H](C[NH3+])[C@@H](O)[C@H](O)[C@H]2[NH3+])[C@H](O)[C@@H](O)[C@H]1O. The summed E-state index contributed by atoms with van der Waals surface area (Å²) in [6.07, 6.45) is -13.7. The molecule has 3 aliphatic rings. The average molecular weight is 666 g/mol. The van der Waals surface area contributed by atoms with Gasteiger partial charge in [0.05, 0.1) is 6.42 Å². The standard InChI is InChI=1S/C18H37N5O10.5ClH/c19-2-6-10(25)12(27)8(23)17(30-6)32-15-5(22)1-4(21)9(24)16(15)33-18-14(29)13(28)11(26)7(3-20)31-18;;;;;/h4-18,24-29H,1-3,19-23H2;5*1H/t4-,5+,6-,7-,8-,9+,10-,11+,12-,13+,14-,15-,16-,17-,18+;;;;;/m1...../s1. The fourth-order valence-electron chi connectivity index (χ4n) is 4.68. The molecule has 0 amide bonds. The van der Waals surface area contributed by atoms with Gasteiger partial charge in [0, 0.05) is 0 Å². The minimum Gasteiger partial charge on any atom is -1.00 e. The number of rotatable bonds is 6. The summed E-state index contributed by atoms with van der Waals surface area (Å²) in [4.78, 5) is 0. The Bertz CT molecular complexity index is 657. The Labute approximate surface area is 251 Å². The van der Waals surface area contributed by atoms with Crippen LogP contribution in [0.3, 0.4) is 0 Å². The average Bonchev–Trinajstić information content (AvgIpc) is 2.79. The molecule has 2 heterocycles. The van der Waals surface area contributed by atoms with E-state index in [2.05, 4.69) is 28.7 Å². The fourth-order valence-corrected chi connectivity index (χ4v) is 4.68. The number of aliphatic hydroxyl groups is 6. The maximum Gasteiger partial charge on any atom is 0.214 e. The molecule has 0 aromatic rings. The van der Waals surface area contributed by atoms with E-state index in [0.29, 0.717) is 6.42 Å². The molecule has 20 heteroatoms. The zero-order valence-corrected chi connectivity index (χ0v) is 24.3. The lowest BCUT2D eigenvalue weighted by atomic mass is 9.84. The van der Waals surface area contributed by atoms with E-state index >= 15 is 0 Å². The lowest BCUT2D eigenvalue weighted by Gasteiger charge is -2.46. The Morgan fingerprint density at radius 3 is 1.50 bits per heavy atom. The van der Waals surface area contributed by atoms with Crippen LogP contribution in [0.15, 0.2) is 0 Å². The number of hydrogen-bond donors (Lipinski definition) is 11. The van der Waals surface area contributed by atoms with E-state index in [4.69, 9.17) is 18.9 Å². The van der Waals surface area contributed by atoms with Gasteiger partial charge in [-0.2, -0.15) is 0 Å². The number of hydrogen-bond acceptors (Lipinski definition) is 10. The molecular weight excluding hydrogens is 623 g/mol. The summed E-state index contributed by atoms with van der Waals surface area (Å²) >= 11 is 0. The maximum atomic E-state index is 10.9. The number of quaternary nitrogens is 5. The van der Waals surface area contributed by atoms with Gasteiger partial charge >= 0.3 is 0 Å². The van der Waals surface area contributed by atoms with Gasteiger partial charge in [-0.15, -0.1) is 0 Å². The zero-order chi connectivity index (χ0) is 24.6. The van der Waals surface area contributed by atoms with Gasteiger partial charge in [-0.25, -0.2) is 0 Å². The minimum atomic E-state index is -1.59. The summed E-state index contributed by atoms with van der Waals surface area (Å²) < 4.78 is 23.4. The van der Waals surface area contributed by atoms with Crippen LogP contribution < -0.4 is 90.7 Å². The first-order chi connectivity index (χ1) is 15.5. The molecule has 1 aliphatic carbocycles. The van der Waals surface area contributed by atoms with E-state index in [0.717, 1.165) is 0 Å². The molecule has 0 aromatic carbocycles. The molecule has 234 valence electrons. The first kappa shape index (κ1) is 43.3. The second kappa shape index (κ2) is 18.4. The molecule has 15 nitrogen and oxygen atoms in total. The van der Waals surface area contributed by atoms with Gasteiger partial charge < -0.3 is 140 Å². The smallest absolute Gasteiger partial charge is 0.214 e. The summed E-state index contributed by atoms with van der Waals surface area (Å²) in [5.41, 5.74) is 19.3. The van der Waals surface area contributed by atoms with Gasteiger partial charge in [-0.05, 0) is 0 Å². The summed E-state index contributed by atoms with van der Waals surface area (Å²) in [7, 11) is 0. The minimum absolute atomic E-state index is 0. The Morgan fingerprint density at radius 1 is 0.553 bits per heavy atom. The van der Waals surface area contributed by atoms with Crippen molar-refractivity contribution in [1.82, 2.24) is 0 Å². The normalized spacial score (nSPS) is 46.7. The summed E-state index contributed by atoms with van der Waals surface area (Å²) in [6.45, 7) is 0.293. The molecular formula is C18H42Cl5N5O10. The van der Waals surface area contributed by atoms with Gasteiger partial charge in [-0.3, -0.25) is 0 Å². The molecule has 0 bridgehead atoms. The largest absolute Gasteiger partial charge is 1.00 e. The van der Waals surface area contributed by atoms with E-state index in [9.17, 15) is 30.6 Å². The predicted octanol–water partition coefficient (Wildman–Crippen LogP) is -25.9. The van der Waals surface area contributed by atoms with Crippen molar-refractivity contribution >= 4 is 0 Å². The quantitative estimate of drug-likeness (QED) is 0.127. The van der Waals surface area contributed by atoms with Crippen molar-refractivity contribution in [3.8, 4) is 0 Å². The van der Waals surface area contributed by atoms with Crippen molar-refractivity contribution < 1.29 is 140 Å². The van der Waals surface area contributed by atoms with Gasteiger partial charge in [0.15, 0.2) is 12.3 Å². The molecule has 15 atom stereocenters. The lowest BCUT2D eigenvalue weighted by Crippen LogP contribution is -3.00. The van der Waals surface area contributed by atoms with Crippen LogP contribution in [-0.2, 0) is 18.9 Å². The Balaban J connectivity index is -0.00000245. The Hall–Kier alpha value is 0.850. The van der Waals surface area contributed by atoms with Crippen LogP contribution in [-0.4, -0.2) is 135 Å². The van der Waals surface area contributed by atoms with Crippen LogP contribution in [0.5, 0.6) is 0 Å². The monoisotopic (exact) mass is 663 g/mol. The number of halogens is 5. The van der Waals surface area contributed by atoms with Crippen molar-refractivity contribution in [1.29, 1.82) is 0 Å². The molecule has 2 saturated heterocycles. The van der Waals surface area contributed by atoms with Crippen LogP contribution in [0.4, 0.5) is 0 Å². The molecule has 1 saturated carbocycles. The molecule has 0 aromatic heterocycles. The molecule has 0 unspecified atom stereocenters. The van der Waals surface area contributed by atoms with Crippen LogP contribution in [0.25, 0.3) is 0 Å². The van der Waals surface area contributed by atoms with Crippen molar-refractivity contribution in [2.45, 2.75) is 98.2 Å². The summed E-state index contributed by atoms with van der Waals surface area (Å²) in [6, 6.07) is -1.76. The molecule has 3 rings (SSSR count). The zero-order valence-electron chi connectivity index (χ0n) is 20.5. The highest BCUT2D eigenvalue weighted by Crippen LogP contribution is 2.30. The van der Waals surface area contributed by atoms with E-state index in [1.807, 2.05) is 0 Å². The molecule has 38 heavy (non-hydrogen) atoms. The van der Waals surface area contributed by atoms with Crippen LogP contribution >= 0.6 is 0 Å². The van der Waals surface area contributed by atoms with Crippen LogP contribution in [0.1, 0.15) is 6.42 Å².